The van der Waals surface area contributed by atoms with Crippen molar-refractivity contribution in [2.75, 3.05) is 33.5 Å². The van der Waals surface area contributed by atoms with Gasteiger partial charge in [-0.3, -0.25) is 4.79 Å². The Kier molecular flexibility index (Phi) is 12.4. The highest BCUT2D eigenvalue weighted by Crippen LogP contribution is 2.31. The fourth-order valence-electron chi connectivity index (χ4n) is 2.72. The van der Waals surface area contributed by atoms with Gasteiger partial charge in [-0.05, 0) is 37.5 Å². The van der Waals surface area contributed by atoms with E-state index >= 15 is 0 Å². The molecule has 12 heteroatoms. The van der Waals surface area contributed by atoms with Gasteiger partial charge in [0, 0.05) is 12.8 Å². The Hall–Kier alpha value is -3.54. The number of carbonyl (C=O) groups is 4. The number of esters is 1. The maximum absolute atomic E-state index is 12.5. The van der Waals surface area contributed by atoms with E-state index in [1.54, 1.807) is 13.8 Å². The van der Waals surface area contributed by atoms with E-state index in [1.165, 1.54) is 25.3 Å². The van der Waals surface area contributed by atoms with Crippen LogP contribution in [0.2, 0.25) is 0 Å². The van der Waals surface area contributed by atoms with Gasteiger partial charge in [0.1, 0.15) is 5.54 Å². The molecule has 12 nitrogen and oxygen atoms in total. The molecule has 0 bridgehead atoms. The molecular formula is C23H33NO11. The summed E-state index contributed by atoms with van der Waals surface area (Å²) in [6.07, 6.45) is -3.09. The molecule has 0 fully saturated rings. The Labute approximate surface area is 203 Å². The van der Waals surface area contributed by atoms with Gasteiger partial charge in [-0.1, -0.05) is 19.9 Å². The zero-order chi connectivity index (χ0) is 26.4. The minimum Gasteiger partial charge on any atom is -0.468 e. The van der Waals surface area contributed by atoms with Crippen LogP contribution in [0.4, 0.5) is 14.4 Å². The first-order chi connectivity index (χ1) is 16.5. The molecule has 196 valence electrons. The first kappa shape index (κ1) is 29.5. The van der Waals surface area contributed by atoms with Crippen LogP contribution >= 0.6 is 0 Å². The van der Waals surface area contributed by atoms with E-state index in [1.807, 2.05) is 13.8 Å². The minimum atomic E-state index is -1.60. The number of methoxy groups -OCH3 is 1. The summed E-state index contributed by atoms with van der Waals surface area (Å²) < 4.78 is 34.5. The lowest BCUT2D eigenvalue weighted by molar-refractivity contribution is -0.147. The van der Waals surface area contributed by atoms with Crippen molar-refractivity contribution in [2.24, 2.45) is 11.7 Å². The average Bonchev–Trinajstić information content (AvgIpc) is 2.79. The summed E-state index contributed by atoms with van der Waals surface area (Å²) in [7, 11) is 1.17. The molecule has 0 spiro atoms. The maximum atomic E-state index is 12.5. The van der Waals surface area contributed by atoms with Crippen LogP contribution in [0.1, 0.15) is 39.7 Å². The molecule has 0 radical (unpaired) electrons. The topological polar surface area (TPSA) is 159 Å². The zero-order valence-electron chi connectivity index (χ0n) is 20.6. The SMILES string of the molecule is CCOC(=O)Oc1ccc(C[C@](N)(CCOC(=O)OCC(C)C)C(=O)OC)cc1OC(=O)OCC. The second-order valence-electron chi connectivity index (χ2n) is 7.73. The standard InChI is InChI=1S/C23H33NO11/c1-6-30-21(27)34-17-9-8-16(12-18(17)35-22(28)31-7-2)13-23(24,19(25)29-5)10-11-32-20(26)33-14-15(3)4/h8-9,12,15H,6-7,10-11,13-14,24H2,1-5H3/t23-/m1/s1. The number of ether oxygens (including phenoxy) is 7. The predicted molar refractivity (Wildman–Crippen MR) is 121 cm³/mol. The van der Waals surface area contributed by atoms with Crippen LogP contribution in [0.15, 0.2) is 18.2 Å². The fourth-order valence-corrected chi connectivity index (χ4v) is 2.72. The van der Waals surface area contributed by atoms with Gasteiger partial charge in [0.25, 0.3) is 0 Å². The quantitative estimate of drug-likeness (QED) is 0.254. The lowest BCUT2D eigenvalue weighted by atomic mass is 9.88. The molecule has 1 aromatic carbocycles. The van der Waals surface area contributed by atoms with Crippen LogP contribution in [-0.4, -0.2) is 63.5 Å². The highest BCUT2D eigenvalue weighted by molar-refractivity contribution is 5.81. The van der Waals surface area contributed by atoms with Crippen molar-refractivity contribution in [2.45, 2.75) is 46.1 Å². The Morgan fingerprint density at radius 3 is 2.03 bits per heavy atom. The van der Waals surface area contributed by atoms with E-state index in [0.717, 1.165) is 0 Å². The largest absolute Gasteiger partial charge is 0.513 e. The molecule has 0 amide bonds. The van der Waals surface area contributed by atoms with Gasteiger partial charge in [0.05, 0.1) is 33.5 Å². The van der Waals surface area contributed by atoms with Crippen molar-refractivity contribution >= 4 is 24.4 Å². The van der Waals surface area contributed by atoms with E-state index in [0.29, 0.717) is 5.56 Å². The molecule has 0 aliphatic rings. The number of hydrogen-bond donors (Lipinski definition) is 1. The van der Waals surface area contributed by atoms with E-state index in [9.17, 15) is 19.2 Å². The molecule has 2 N–H and O–H groups in total. The highest BCUT2D eigenvalue weighted by Gasteiger charge is 2.36. The lowest BCUT2D eigenvalue weighted by Gasteiger charge is -2.26. The summed E-state index contributed by atoms with van der Waals surface area (Å²) in [5.41, 5.74) is 5.13. The lowest BCUT2D eigenvalue weighted by Crippen LogP contribution is -2.51. The van der Waals surface area contributed by atoms with E-state index < -0.39 is 30.0 Å². The van der Waals surface area contributed by atoms with Crippen LogP contribution in [0.5, 0.6) is 11.5 Å². The van der Waals surface area contributed by atoms with Crippen LogP contribution in [-0.2, 0) is 34.9 Å². The van der Waals surface area contributed by atoms with E-state index in [4.69, 9.17) is 38.9 Å². The fraction of sp³-hybridized carbons (Fsp3) is 0.565. The number of rotatable bonds is 12. The number of hydrogen-bond acceptors (Lipinski definition) is 12. The third-order valence-corrected chi connectivity index (χ3v) is 4.33. The third kappa shape index (κ3) is 10.5. The summed E-state index contributed by atoms with van der Waals surface area (Å²) >= 11 is 0. The summed E-state index contributed by atoms with van der Waals surface area (Å²) in [6, 6.07) is 4.21. The van der Waals surface area contributed by atoms with Gasteiger partial charge < -0.3 is 38.9 Å². The zero-order valence-corrected chi connectivity index (χ0v) is 20.6. The monoisotopic (exact) mass is 499 g/mol. The molecule has 0 unspecified atom stereocenters. The van der Waals surface area contributed by atoms with Crippen molar-refractivity contribution in [3.63, 3.8) is 0 Å². The van der Waals surface area contributed by atoms with Crippen LogP contribution in [0.25, 0.3) is 0 Å². The van der Waals surface area contributed by atoms with Gasteiger partial charge in [-0.2, -0.15) is 0 Å². The van der Waals surface area contributed by atoms with Crippen molar-refractivity contribution in [3.8, 4) is 11.5 Å². The van der Waals surface area contributed by atoms with Gasteiger partial charge in [0.15, 0.2) is 11.5 Å². The molecular weight excluding hydrogens is 466 g/mol. The average molecular weight is 500 g/mol. The Balaban J connectivity index is 3.06. The highest BCUT2D eigenvalue weighted by atomic mass is 16.7. The Morgan fingerprint density at radius 1 is 0.886 bits per heavy atom. The molecule has 1 aromatic rings. The van der Waals surface area contributed by atoms with Crippen molar-refractivity contribution in [1.29, 1.82) is 0 Å². The van der Waals surface area contributed by atoms with Gasteiger partial charge in [0.2, 0.25) is 0 Å². The molecule has 1 atom stereocenters. The Bertz CT molecular complexity index is 871. The molecule has 0 aliphatic carbocycles. The van der Waals surface area contributed by atoms with Crippen molar-refractivity contribution in [3.05, 3.63) is 23.8 Å². The second kappa shape index (κ2) is 14.7. The summed E-state index contributed by atoms with van der Waals surface area (Å²) in [5, 5.41) is 0. The maximum Gasteiger partial charge on any atom is 0.513 e. The van der Waals surface area contributed by atoms with Gasteiger partial charge in [-0.25, -0.2) is 14.4 Å². The number of benzene rings is 1. The number of carbonyl (C=O) groups excluding carboxylic acids is 4. The Morgan fingerprint density at radius 2 is 1.49 bits per heavy atom. The van der Waals surface area contributed by atoms with E-state index in [2.05, 4.69) is 0 Å². The van der Waals surface area contributed by atoms with Crippen LogP contribution in [0, 0.1) is 5.92 Å². The molecule has 0 aromatic heterocycles. The van der Waals surface area contributed by atoms with Crippen molar-refractivity contribution < 1.29 is 52.3 Å². The first-order valence-corrected chi connectivity index (χ1v) is 11.0. The van der Waals surface area contributed by atoms with Crippen LogP contribution < -0.4 is 15.2 Å². The normalized spacial score (nSPS) is 12.2. The smallest absolute Gasteiger partial charge is 0.468 e. The van der Waals surface area contributed by atoms with Crippen molar-refractivity contribution in [1.82, 2.24) is 0 Å². The molecule has 0 heterocycles. The van der Waals surface area contributed by atoms with Gasteiger partial charge >= 0.3 is 24.4 Å². The van der Waals surface area contributed by atoms with Gasteiger partial charge in [-0.15, -0.1) is 0 Å². The summed E-state index contributed by atoms with van der Waals surface area (Å²) in [6.45, 7) is 7.05. The second-order valence-corrected chi connectivity index (χ2v) is 7.73. The third-order valence-electron chi connectivity index (χ3n) is 4.33. The molecule has 1 rings (SSSR count). The molecule has 0 saturated heterocycles. The van der Waals surface area contributed by atoms with E-state index in [-0.39, 0.29) is 56.7 Å². The first-order valence-electron chi connectivity index (χ1n) is 11.0. The minimum absolute atomic E-state index is 0.0560. The molecule has 35 heavy (non-hydrogen) atoms. The number of nitrogens with two attached hydrogens (primary N) is 1. The van der Waals surface area contributed by atoms with Crippen LogP contribution in [0.3, 0.4) is 0 Å². The molecule has 0 saturated carbocycles. The summed E-state index contributed by atoms with van der Waals surface area (Å²) in [5.74, 6) is -0.892. The summed E-state index contributed by atoms with van der Waals surface area (Å²) in [4.78, 5) is 47.7. The predicted octanol–water partition coefficient (Wildman–Crippen LogP) is 3.37. The molecule has 0 aliphatic heterocycles.